The van der Waals surface area contributed by atoms with E-state index < -0.39 is 0 Å². The second-order valence-electron chi connectivity index (χ2n) is 5.37. The highest BCUT2D eigenvalue weighted by Crippen LogP contribution is 2.14. The standard InChI is InChI=1S/C15H23N3OS/c1-4-7-16-13(11(2)3)10-15-17-14(18-19-15)9-12-6-5-8-20-12/h5-6,8,11,13,16H,4,7,9-10H2,1-3H3. The molecule has 0 radical (unpaired) electrons. The Morgan fingerprint density at radius 3 is 2.90 bits per heavy atom. The molecular formula is C15H23N3OS. The van der Waals surface area contributed by atoms with E-state index in [0.29, 0.717) is 12.0 Å². The summed E-state index contributed by atoms with van der Waals surface area (Å²) in [6.07, 6.45) is 2.70. The van der Waals surface area contributed by atoms with Crippen LogP contribution in [-0.4, -0.2) is 22.7 Å². The van der Waals surface area contributed by atoms with Gasteiger partial charge in [-0.15, -0.1) is 11.3 Å². The average molecular weight is 293 g/mol. The zero-order valence-corrected chi connectivity index (χ0v) is 13.2. The number of nitrogens with zero attached hydrogens (tertiary/aromatic N) is 2. The van der Waals surface area contributed by atoms with Crippen molar-refractivity contribution in [1.82, 2.24) is 15.5 Å². The Labute approximate surface area is 124 Å². The van der Waals surface area contributed by atoms with Crippen LogP contribution in [0.3, 0.4) is 0 Å². The SMILES string of the molecule is CCCNC(Cc1nc(Cc2cccs2)no1)C(C)C. The maximum atomic E-state index is 5.38. The molecule has 0 aliphatic rings. The molecule has 1 N–H and O–H groups in total. The fourth-order valence-corrected chi connectivity index (χ4v) is 2.78. The molecule has 20 heavy (non-hydrogen) atoms. The van der Waals surface area contributed by atoms with E-state index in [-0.39, 0.29) is 0 Å². The van der Waals surface area contributed by atoms with Crippen LogP contribution >= 0.6 is 11.3 Å². The van der Waals surface area contributed by atoms with Crippen LogP contribution in [0.5, 0.6) is 0 Å². The second kappa shape index (κ2) is 7.55. The molecule has 0 aliphatic carbocycles. The van der Waals surface area contributed by atoms with Crippen LogP contribution in [0, 0.1) is 5.92 Å². The molecule has 0 aromatic carbocycles. The lowest BCUT2D eigenvalue weighted by Crippen LogP contribution is -2.36. The minimum Gasteiger partial charge on any atom is -0.339 e. The largest absolute Gasteiger partial charge is 0.339 e. The van der Waals surface area contributed by atoms with E-state index in [9.17, 15) is 0 Å². The molecule has 0 saturated carbocycles. The number of thiophene rings is 1. The second-order valence-corrected chi connectivity index (χ2v) is 6.40. The van der Waals surface area contributed by atoms with Crippen molar-refractivity contribution >= 4 is 11.3 Å². The molecule has 2 rings (SSSR count). The quantitative estimate of drug-likeness (QED) is 0.811. The monoisotopic (exact) mass is 293 g/mol. The summed E-state index contributed by atoms with van der Waals surface area (Å²) in [5.41, 5.74) is 0. The summed E-state index contributed by atoms with van der Waals surface area (Å²) in [5.74, 6) is 2.06. The molecule has 4 nitrogen and oxygen atoms in total. The van der Waals surface area contributed by atoms with E-state index >= 15 is 0 Å². The lowest BCUT2D eigenvalue weighted by atomic mass is 10.0. The predicted molar refractivity (Wildman–Crippen MR) is 82.0 cm³/mol. The molecule has 2 heterocycles. The first-order chi connectivity index (χ1) is 9.69. The number of rotatable bonds is 8. The Balaban J connectivity index is 1.93. The summed E-state index contributed by atoms with van der Waals surface area (Å²) >= 11 is 1.72. The van der Waals surface area contributed by atoms with Gasteiger partial charge in [-0.05, 0) is 30.3 Å². The molecule has 0 amide bonds. The Kier molecular flexibility index (Phi) is 5.73. The summed E-state index contributed by atoms with van der Waals surface area (Å²) in [7, 11) is 0. The van der Waals surface area contributed by atoms with Crippen LogP contribution in [0.4, 0.5) is 0 Å². The van der Waals surface area contributed by atoms with Crippen LogP contribution < -0.4 is 5.32 Å². The summed E-state index contributed by atoms with van der Waals surface area (Å²) in [6.45, 7) is 7.64. The van der Waals surface area contributed by atoms with Crippen LogP contribution in [0.2, 0.25) is 0 Å². The predicted octanol–water partition coefficient (Wildman–Crippen LogP) is 3.29. The van der Waals surface area contributed by atoms with Gasteiger partial charge in [-0.2, -0.15) is 4.98 Å². The third kappa shape index (κ3) is 4.42. The van der Waals surface area contributed by atoms with E-state index in [1.54, 1.807) is 11.3 Å². The smallest absolute Gasteiger partial charge is 0.228 e. The highest BCUT2D eigenvalue weighted by molar-refractivity contribution is 7.09. The van der Waals surface area contributed by atoms with E-state index in [2.05, 4.69) is 47.7 Å². The molecular weight excluding hydrogens is 270 g/mol. The maximum absolute atomic E-state index is 5.38. The Bertz CT molecular complexity index is 493. The minimum absolute atomic E-state index is 0.394. The van der Waals surface area contributed by atoms with Crippen molar-refractivity contribution in [2.24, 2.45) is 5.92 Å². The molecule has 1 atom stereocenters. The topological polar surface area (TPSA) is 51.0 Å². The van der Waals surface area contributed by atoms with Crippen molar-refractivity contribution in [2.75, 3.05) is 6.54 Å². The van der Waals surface area contributed by atoms with Crippen molar-refractivity contribution in [3.8, 4) is 0 Å². The zero-order valence-electron chi connectivity index (χ0n) is 12.4. The molecule has 0 bridgehead atoms. The molecule has 0 spiro atoms. The molecule has 0 saturated heterocycles. The molecule has 0 fully saturated rings. The van der Waals surface area contributed by atoms with Gasteiger partial charge in [-0.3, -0.25) is 0 Å². The maximum Gasteiger partial charge on any atom is 0.228 e. The van der Waals surface area contributed by atoms with Crippen LogP contribution in [0.1, 0.15) is 43.8 Å². The lowest BCUT2D eigenvalue weighted by Gasteiger charge is -2.20. The fourth-order valence-electron chi connectivity index (χ4n) is 2.08. The van der Waals surface area contributed by atoms with Crippen molar-refractivity contribution in [3.63, 3.8) is 0 Å². The first kappa shape index (κ1) is 15.2. The normalized spacial score (nSPS) is 13.0. The lowest BCUT2D eigenvalue weighted by molar-refractivity contribution is 0.325. The van der Waals surface area contributed by atoms with Gasteiger partial charge in [-0.1, -0.05) is 32.0 Å². The molecule has 2 aromatic heterocycles. The van der Waals surface area contributed by atoms with Crippen molar-refractivity contribution in [1.29, 1.82) is 0 Å². The van der Waals surface area contributed by atoms with Crippen LogP contribution in [0.25, 0.3) is 0 Å². The molecule has 110 valence electrons. The molecule has 0 aliphatic heterocycles. The molecule has 5 heteroatoms. The van der Waals surface area contributed by atoms with Crippen LogP contribution in [0.15, 0.2) is 22.0 Å². The fraction of sp³-hybridized carbons (Fsp3) is 0.600. The summed E-state index contributed by atoms with van der Waals surface area (Å²) in [4.78, 5) is 5.77. The Morgan fingerprint density at radius 1 is 1.40 bits per heavy atom. The highest BCUT2D eigenvalue weighted by Gasteiger charge is 2.17. The van der Waals surface area contributed by atoms with Gasteiger partial charge in [0.05, 0.1) is 0 Å². The van der Waals surface area contributed by atoms with Gasteiger partial charge >= 0.3 is 0 Å². The Hall–Kier alpha value is -1.20. The first-order valence-corrected chi connectivity index (χ1v) is 8.14. The van der Waals surface area contributed by atoms with E-state index in [1.165, 1.54) is 4.88 Å². The molecule has 1 unspecified atom stereocenters. The van der Waals surface area contributed by atoms with Crippen molar-refractivity contribution in [2.45, 2.75) is 46.1 Å². The van der Waals surface area contributed by atoms with Gasteiger partial charge in [0, 0.05) is 23.8 Å². The van der Waals surface area contributed by atoms with Gasteiger partial charge in [0.1, 0.15) is 0 Å². The van der Waals surface area contributed by atoms with Crippen molar-refractivity contribution in [3.05, 3.63) is 34.1 Å². The molecule has 2 aromatic rings. The van der Waals surface area contributed by atoms with E-state index in [1.807, 2.05) is 6.07 Å². The summed E-state index contributed by atoms with van der Waals surface area (Å²) in [6, 6.07) is 4.54. The number of hydrogen-bond donors (Lipinski definition) is 1. The van der Waals surface area contributed by atoms with Gasteiger partial charge in [0.2, 0.25) is 5.89 Å². The first-order valence-electron chi connectivity index (χ1n) is 7.26. The van der Waals surface area contributed by atoms with Crippen molar-refractivity contribution < 1.29 is 4.52 Å². The number of hydrogen-bond acceptors (Lipinski definition) is 5. The van der Waals surface area contributed by atoms with E-state index in [0.717, 1.165) is 37.5 Å². The zero-order chi connectivity index (χ0) is 14.4. The third-order valence-electron chi connectivity index (χ3n) is 3.28. The van der Waals surface area contributed by atoms with Gasteiger partial charge < -0.3 is 9.84 Å². The van der Waals surface area contributed by atoms with Gasteiger partial charge in [0.25, 0.3) is 0 Å². The van der Waals surface area contributed by atoms with Gasteiger partial charge in [-0.25, -0.2) is 0 Å². The summed E-state index contributed by atoms with van der Waals surface area (Å²) in [5, 5.41) is 9.69. The van der Waals surface area contributed by atoms with Gasteiger partial charge in [0.15, 0.2) is 5.82 Å². The summed E-state index contributed by atoms with van der Waals surface area (Å²) < 4.78 is 5.38. The average Bonchev–Trinajstić information content (AvgIpc) is 3.06. The van der Waals surface area contributed by atoms with Crippen LogP contribution in [-0.2, 0) is 12.8 Å². The number of aromatic nitrogens is 2. The Morgan fingerprint density at radius 2 is 2.25 bits per heavy atom. The third-order valence-corrected chi connectivity index (χ3v) is 4.15. The highest BCUT2D eigenvalue weighted by atomic mass is 32.1. The number of nitrogens with one attached hydrogen (secondary N) is 1. The van der Waals surface area contributed by atoms with E-state index in [4.69, 9.17) is 4.52 Å². The minimum atomic E-state index is 0.394.